The number of carbonyl (C=O) groups excluding carboxylic acids is 2. The van der Waals surface area contributed by atoms with Gasteiger partial charge in [0.25, 0.3) is 5.91 Å². The zero-order chi connectivity index (χ0) is 20.2. The van der Waals surface area contributed by atoms with E-state index in [1.807, 2.05) is 26.0 Å². The van der Waals surface area contributed by atoms with E-state index in [2.05, 4.69) is 5.32 Å². The molecule has 2 aromatic rings. The number of alkyl halides is 3. The Morgan fingerprint density at radius 3 is 2.37 bits per heavy atom. The largest absolute Gasteiger partial charge is 0.452 e. The number of para-hydroxylation sites is 1. The summed E-state index contributed by atoms with van der Waals surface area (Å²) in [5, 5.41) is 2.17. The fourth-order valence-electron chi connectivity index (χ4n) is 2.45. The summed E-state index contributed by atoms with van der Waals surface area (Å²) >= 11 is 0. The standard InChI is InChI=1S/C20H20F3NO3/c1-12-8-9-15(10-13(12)2)11-18(25)27-14(3)19(26)24-17-7-5-4-6-16(17)20(21,22)23/h4-10,14H,11H2,1-3H3,(H,24,26)/t14-/m1/s1. The molecule has 4 nitrogen and oxygen atoms in total. The number of rotatable bonds is 5. The normalized spacial score (nSPS) is 12.4. The predicted molar refractivity (Wildman–Crippen MR) is 95.2 cm³/mol. The molecule has 0 aliphatic carbocycles. The molecule has 1 atom stereocenters. The van der Waals surface area contributed by atoms with Crippen LogP contribution >= 0.6 is 0 Å². The van der Waals surface area contributed by atoms with Gasteiger partial charge in [0.2, 0.25) is 0 Å². The highest BCUT2D eigenvalue weighted by molar-refractivity contribution is 5.95. The van der Waals surface area contributed by atoms with E-state index in [0.29, 0.717) is 0 Å². The third-order valence-electron chi connectivity index (χ3n) is 4.09. The molecule has 144 valence electrons. The van der Waals surface area contributed by atoms with Crippen LogP contribution in [0.3, 0.4) is 0 Å². The SMILES string of the molecule is Cc1ccc(CC(=O)O[C@H](C)C(=O)Nc2ccccc2C(F)(F)F)cc1C. The van der Waals surface area contributed by atoms with Crippen LogP contribution in [-0.2, 0) is 26.9 Å². The Balaban J connectivity index is 1.99. The monoisotopic (exact) mass is 379 g/mol. The maximum Gasteiger partial charge on any atom is 0.418 e. The molecule has 0 aliphatic rings. The number of halogens is 3. The Morgan fingerprint density at radius 1 is 1.07 bits per heavy atom. The molecule has 7 heteroatoms. The van der Waals surface area contributed by atoms with E-state index in [-0.39, 0.29) is 12.1 Å². The molecule has 0 radical (unpaired) electrons. The van der Waals surface area contributed by atoms with Crippen molar-refractivity contribution in [1.29, 1.82) is 0 Å². The molecule has 2 rings (SSSR count). The molecule has 1 N–H and O–H groups in total. The molecule has 0 spiro atoms. The first-order chi connectivity index (χ1) is 12.6. The molecule has 0 bridgehead atoms. The van der Waals surface area contributed by atoms with Crippen LogP contribution in [-0.4, -0.2) is 18.0 Å². The summed E-state index contributed by atoms with van der Waals surface area (Å²) in [6.45, 7) is 5.17. The average Bonchev–Trinajstić information content (AvgIpc) is 2.57. The lowest BCUT2D eigenvalue weighted by Crippen LogP contribution is -2.31. The molecule has 0 fully saturated rings. The molecule has 2 aromatic carbocycles. The van der Waals surface area contributed by atoms with Gasteiger partial charge in [-0.2, -0.15) is 13.2 Å². The second-order valence-electron chi connectivity index (χ2n) is 6.26. The van der Waals surface area contributed by atoms with Gasteiger partial charge in [0.15, 0.2) is 6.10 Å². The molecule has 0 heterocycles. The number of nitrogens with one attached hydrogen (secondary N) is 1. The second-order valence-corrected chi connectivity index (χ2v) is 6.26. The molecular formula is C20H20F3NO3. The van der Waals surface area contributed by atoms with Gasteiger partial charge in [-0.05, 0) is 49.6 Å². The number of hydrogen-bond acceptors (Lipinski definition) is 3. The summed E-state index contributed by atoms with van der Waals surface area (Å²) in [5.74, 6) is -1.47. The first-order valence-electron chi connectivity index (χ1n) is 8.30. The maximum absolute atomic E-state index is 13.0. The van der Waals surface area contributed by atoms with Gasteiger partial charge in [-0.3, -0.25) is 9.59 Å². The number of esters is 1. The quantitative estimate of drug-likeness (QED) is 0.782. The Kier molecular flexibility index (Phi) is 6.25. The topological polar surface area (TPSA) is 55.4 Å². The van der Waals surface area contributed by atoms with Gasteiger partial charge in [-0.1, -0.05) is 30.3 Å². The Hall–Kier alpha value is -2.83. The number of ether oxygens (including phenoxy) is 1. The Morgan fingerprint density at radius 2 is 1.74 bits per heavy atom. The fraction of sp³-hybridized carbons (Fsp3) is 0.300. The average molecular weight is 379 g/mol. The van der Waals surface area contributed by atoms with Gasteiger partial charge in [-0.15, -0.1) is 0 Å². The van der Waals surface area contributed by atoms with E-state index in [9.17, 15) is 22.8 Å². The van der Waals surface area contributed by atoms with Crippen LogP contribution in [0.15, 0.2) is 42.5 Å². The number of benzene rings is 2. The van der Waals surface area contributed by atoms with E-state index in [1.165, 1.54) is 19.1 Å². The zero-order valence-corrected chi connectivity index (χ0v) is 15.2. The van der Waals surface area contributed by atoms with Crippen LogP contribution in [0.5, 0.6) is 0 Å². The lowest BCUT2D eigenvalue weighted by molar-refractivity contribution is -0.152. The maximum atomic E-state index is 13.0. The van der Waals surface area contributed by atoms with Crippen LogP contribution in [0.2, 0.25) is 0 Å². The van der Waals surface area contributed by atoms with Crippen LogP contribution in [0.4, 0.5) is 18.9 Å². The molecule has 0 saturated carbocycles. The molecular weight excluding hydrogens is 359 g/mol. The van der Waals surface area contributed by atoms with Crippen LogP contribution in [0, 0.1) is 13.8 Å². The number of hydrogen-bond donors (Lipinski definition) is 1. The van der Waals surface area contributed by atoms with Gasteiger partial charge in [-0.25, -0.2) is 0 Å². The van der Waals surface area contributed by atoms with E-state index in [1.54, 1.807) is 6.07 Å². The van der Waals surface area contributed by atoms with E-state index in [4.69, 9.17) is 4.74 Å². The van der Waals surface area contributed by atoms with Gasteiger partial charge in [0.05, 0.1) is 17.7 Å². The highest BCUT2D eigenvalue weighted by Gasteiger charge is 2.34. The summed E-state index contributed by atoms with van der Waals surface area (Å²) in [7, 11) is 0. The fourth-order valence-corrected chi connectivity index (χ4v) is 2.45. The number of aryl methyl sites for hydroxylation is 2. The van der Waals surface area contributed by atoms with Crippen molar-refractivity contribution < 1.29 is 27.5 Å². The van der Waals surface area contributed by atoms with Gasteiger partial charge >= 0.3 is 12.1 Å². The summed E-state index contributed by atoms with van der Waals surface area (Å²) in [5.41, 5.74) is 1.50. The Bertz CT molecular complexity index is 847. The van der Waals surface area contributed by atoms with Crippen molar-refractivity contribution in [3.05, 3.63) is 64.7 Å². The molecule has 27 heavy (non-hydrogen) atoms. The molecule has 0 aliphatic heterocycles. The lowest BCUT2D eigenvalue weighted by atomic mass is 10.0. The highest BCUT2D eigenvalue weighted by atomic mass is 19.4. The van der Waals surface area contributed by atoms with Gasteiger partial charge < -0.3 is 10.1 Å². The number of carbonyl (C=O) groups is 2. The van der Waals surface area contributed by atoms with Crippen LogP contribution < -0.4 is 5.32 Å². The first kappa shape index (κ1) is 20.5. The van der Waals surface area contributed by atoms with Gasteiger partial charge in [0.1, 0.15) is 0 Å². The summed E-state index contributed by atoms with van der Waals surface area (Å²) in [6, 6.07) is 10.1. The number of amides is 1. The minimum atomic E-state index is -4.60. The lowest BCUT2D eigenvalue weighted by Gasteiger charge is -2.17. The predicted octanol–water partition coefficient (Wildman–Crippen LogP) is 4.44. The highest BCUT2D eigenvalue weighted by Crippen LogP contribution is 2.34. The van der Waals surface area contributed by atoms with E-state index in [0.717, 1.165) is 28.8 Å². The van der Waals surface area contributed by atoms with Crippen molar-refractivity contribution >= 4 is 17.6 Å². The summed E-state index contributed by atoms with van der Waals surface area (Å²) in [6.07, 6.45) is -5.87. The minimum absolute atomic E-state index is 0.0299. The second kappa shape index (κ2) is 8.24. The summed E-state index contributed by atoms with van der Waals surface area (Å²) < 4.78 is 44.0. The molecule has 0 aromatic heterocycles. The van der Waals surface area contributed by atoms with Crippen molar-refractivity contribution in [2.24, 2.45) is 0 Å². The summed E-state index contributed by atoms with van der Waals surface area (Å²) in [4.78, 5) is 24.1. The minimum Gasteiger partial charge on any atom is -0.452 e. The van der Waals surface area contributed by atoms with E-state index < -0.39 is 29.7 Å². The van der Waals surface area contributed by atoms with Crippen molar-refractivity contribution in [3.8, 4) is 0 Å². The van der Waals surface area contributed by atoms with E-state index >= 15 is 0 Å². The van der Waals surface area contributed by atoms with Crippen LogP contribution in [0.1, 0.15) is 29.2 Å². The van der Waals surface area contributed by atoms with Crippen LogP contribution in [0.25, 0.3) is 0 Å². The van der Waals surface area contributed by atoms with Crippen molar-refractivity contribution in [2.75, 3.05) is 5.32 Å². The van der Waals surface area contributed by atoms with Gasteiger partial charge in [0, 0.05) is 0 Å². The molecule has 0 unspecified atom stereocenters. The number of anilines is 1. The van der Waals surface area contributed by atoms with Crippen molar-refractivity contribution in [1.82, 2.24) is 0 Å². The smallest absolute Gasteiger partial charge is 0.418 e. The van der Waals surface area contributed by atoms with Crippen molar-refractivity contribution in [3.63, 3.8) is 0 Å². The molecule has 0 saturated heterocycles. The zero-order valence-electron chi connectivity index (χ0n) is 15.2. The first-order valence-corrected chi connectivity index (χ1v) is 8.30. The van der Waals surface area contributed by atoms with Crippen molar-refractivity contribution in [2.45, 2.75) is 39.5 Å². The Labute approximate surface area is 155 Å². The third-order valence-corrected chi connectivity index (χ3v) is 4.09. The third kappa shape index (κ3) is 5.57. The molecule has 1 amide bonds.